The molecular weight excluding hydrogens is 574 g/mol. The van der Waals surface area contributed by atoms with E-state index in [1.807, 2.05) is 19.1 Å². The monoisotopic (exact) mass is 617 g/mol. The van der Waals surface area contributed by atoms with E-state index in [0.29, 0.717) is 40.0 Å². The van der Waals surface area contributed by atoms with Crippen molar-refractivity contribution in [2.24, 2.45) is 0 Å². The van der Waals surface area contributed by atoms with E-state index < -0.39 is 6.10 Å². The number of para-hydroxylation sites is 2. The standard InChI is InChI=1S/C36H44ClN3O4/c1-9-30(44-31-21-16-24(35(5,6)10-2)22-27(31)36(7,8)11-3)33(41)38-28-14-12-13-15-29(28)40-34(42)32(23(4)39-40)43-26-19-17-25(37)18-20-26/h12-22,30,39H,9-11H2,1-8H3,(H,38,41). The van der Waals surface area contributed by atoms with Crippen molar-refractivity contribution >= 4 is 23.2 Å². The molecule has 0 bridgehead atoms. The first-order chi connectivity index (χ1) is 20.8. The average molecular weight is 618 g/mol. The van der Waals surface area contributed by atoms with Gasteiger partial charge in [0, 0.05) is 10.6 Å². The molecule has 44 heavy (non-hydrogen) atoms. The van der Waals surface area contributed by atoms with Crippen LogP contribution in [-0.4, -0.2) is 21.8 Å². The van der Waals surface area contributed by atoms with E-state index in [9.17, 15) is 9.59 Å². The van der Waals surface area contributed by atoms with E-state index in [4.69, 9.17) is 21.1 Å². The summed E-state index contributed by atoms with van der Waals surface area (Å²) in [5.41, 5.74) is 3.33. The summed E-state index contributed by atoms with van der Waals surface area (Å²) in [4.78, 5) is 27.1. The molecule has 0 fully saturated rings. The number of ether oxygens (including phenoxy) is 2. The fraction of sp³-hybridized carbons (Fsp3) is 0.389. The van der Waals surface area contributed by atoms with Crippen molar-refractivity contribution in [2.75, 3.05) is 5.32 Å². The summed E-state index contributed by atoms with van der Waals surface area (Å²) >= 11 is 5.99. The molecule has 8 heteroatoms. The molecule has 1 unspecified atom stereocenters. The van der Waals surface area contributed by atoms with Crippen LogP contribution in [0.2, 0.25) is 5.02 Å². The van der Waals surface area contributed by atoms with Gasteiger partial charge in [0.15, 0.2) is 6.10 Å². The lowest BCUT2D eigenvalue weighted by atomic mass is 9.76. The molecule has 3 aromatic carbocycles. The summed E-state index contributed by atoms with van der Waals surface area (Å²) in [6.45, 7) is 16.9. The lowest BCUT2D eigenvalue weighted by Crippen LogP contribution is -2.34. The number of H-pyrrole nitrogens is 1. The number of halogens is 1. The normalized spacial score (nSPS) is 12.6. The summed E-state index contributed by atoms with van der Waals surface area (Å²) in [5, 5.41) is 6.66. The van der Waals surface area contributed by atoms with Crippen LogP contribution in [0, 0.1) is 6.92 Å². The molecule has 1 aromatic heterocycles. The lowest BCUT2D eigenvalue weighted by molar-refractivity contribution is -0.122. The molecule has 0 aliphatic carbocycles. The molecule has 4 rings (SSSR count). The van der Waals surface area contributed by atoms with Crippen LogP contribution < -0.4 is 20.3 Å². The molecule has 2 N–H and O–H groups in total. The van der Waals surface area contributed by atoms with Crippen molar-refractivity contribution in [3.05, 3.63) is 98.9 Å². The van der Waals surface area contributed by atoms with Crippen LogP contribution in [0.5, 0.6) is 17.2 Å². The van der Waals surface area contributed by atoms with Crippen molar-refractivity contribution in [3.63, 3.8) is 0 Å². The number of aromatic amines is 1. The Morgan fingerprint density at radius 3 is 2.25 bits per heavy atom. The smallest absolute Gasteiger partial charge is 0.314 e. The molecule has 0 spiro atoms. The van der Waals surface area contributed by atoms with Gasteiger partial charge in [0.25, 0.3) is 5.91 Å². The Labute approximate surface area is 265 Å². The Hall–Kier alpha value is -3.97. The van der Waals surface area contributed by atoms with Crippen LogP contribution in [0.4, 0.5) is 5.69 Å². The van der Waals surface area contributed by atoms with Gasteiger partial charge in [-0.1, -0.05) is 84.3 Å². The Morgan fingerprint density at radius 1 is 0.955 bits per heavy atom. The Bertz CT molecular complexity index is 1670. The molecule has 234 valence electrons. The van der Waals surface area contributed by atoms with Crippen molar-refractivity contribution in [1.82, 2.24) is 9.78 Å². The molecule has 0 radical (unpaired) electrons. The number of rotatable bonds is 12. The molecule has 4 aromatic rings. The number of amides is 1. The Balaban J connectivity index is 1.62. The first-order valence-corrected chi connectivity index (χ1v) is 15.7. The minimum Gasteiger partial charge on any atom is -0.480 e. The number of carbonyl (C=O) groups is 1. The number of benzene rings is 3. The van der Waals surface area contributed by atoms with Gasteiger partial charge in [-0.2, -0.15) is 0 Å². The van der Waals surface area contributed by atoms with E-state index in [0.717, 1.165) is 18.4 Å². The van der Waals surface area contributed by atoms with Crippen LogP contribution in [0.3, 0.4) is 0 Å². The molecule has 1 atom stereocenters. The van der Waals surface area contributed by atoms with Crippen LogP contribution in [0.1, 0.15) is 84.5 Å². The molecular formula is C36H44ClN3O4. The zero-order chi connectivity index (χ0) is 32.2. The maximum absolute atomic E-state index is 13.7. The topological polar surface area (TPSA) is 85.3 Å². The molecule has 0 saturated carbocycles. The van der Waals surface area contributed by atoms with E-state index >= 15 is 0 Å². The number of aromatic nitrogens is 2. The van der Waals surface area contributed by atoms with Crippen molar-refractivity contribution < 1.29 is 14.3 Å². The fourth-order valence-corrected chi connectivity index (χ4v) is 5.01. The van der Waals surface area contributed by atoms with Crippen LogP contribution in [-0.2, 0) is 15.6 Å². The van der Waals surface area contributed by atoms with Gasteiger partial charge in [0.2, 0.25) is 5.75 Å². The van der Waals surface area contributed by atoms with Crippen molar-refractivity contribution in [2.45, 2.75) is 91.6 Å². The van der Waals surface area contributed by atoms with Crippen molar-refractivity contribution in [1.29, 1.82) is 0 Å². The second kappa shape index (κ2) is 13.3. The van der Waals surface area contributed by atoms with Gasteiger partial charge in [0.05, 0.1) is 17.1 Å². The summed E-state index contributed by atoms with van der Waals surface area (Å²) in [5.74, 6) is 1.06. The molecule has 0 aliphatic heterocycles. The maximum Gasteiger partial charge on any atom is 0.314 e. The second-order valence-electron chi connectivity index (χ2n) is 12.5. The molecule has 1 amide bonds. The number of carbonyl (C=O) groups excluding carboxylic acids is 1. The zero-order valence-electron chi connectivity index (χ0n) is 27.0. The minimum absolute atomic E-state index is 0.0241. The second-order valence-corrected chi connectivity index (χ2v) is 12.9. The predicted molar refractivity (Wildman–Crippen MR) is 179 cm³/mol. The number of nitrogens with zero attached hydrogens (tertiary/aromatic N) is 1. The van der Waals surface area contributed by atoms with Gasteiger partial charge in [-0.25, -0.2) is 4.68 Å². The van der Waals surface area contributed by atoms with Gasteiger partial charge in [0.1, 0.15) is 11.5 Å². The van der Waals surface area contributed by atoms with E-state index in [1.54, 1.807) is 49.4 Å². The van der Waals surface area contributed by atoms with Gasteiger partial charge >= 0.3 is 5.56 Å². The highest BCUT2D eigenvalue weighted by Crippen LogP contribution is 2.39. The molecule has 0 aliphatic rings. The third kappa shape index (κ3) is 7.05. The minimum atomic E-state index is -0.745. The number of hydrogen-bond acceptors (Lipinski definition) is 4. The van der Waals surface area contributed by atoms with E-state index in [-0.39, 0.29) is 28.0 Å². The van der Waals surface area contributed by atoms with Crippen LogP contribution in [0.15, 0.2) is 71.5 Å². The summed E-state index contributed by atoms with van der Waals surface area (Å²) < 4.78 is 13.7. The number of aryl methyl sites for hydroxylation is 1. The highest BCUT2D eigenvalue weighted by Gasteiger charge is 2.29. The third-order valence-electron chi connectivity index (χ3n) is 8.64. The summed E-state index contributed by atoms with van der Waals surface area (Å²) in [6.07, 6.45) is 1.65. The van der Waals surface area contributed by atoms with Gasteiger partial charge in [-0.05, 0) is 85.0 Å². The Kier molecular flexibility index (Phi) is 9.99. The predicted octanol–water partition coefficient (Wildman–Crippen LogP) is 9.09. The highest BCUT2D eigenvalue weighted by molar-refractivity contribution is 6.30. The maximum atomic E-state index is 13.7. The number of anilines is 1. The third-order valence-corrected chi connectivity index (χ3v) is 8.90. The molecule has 0 saturated heterocycles. The number of nitrogens with one attached hydrogen (secondary N) is 2. The molecule has 7 nitrogen and oxygen atoms in total. The average Bonchev–Trinajstić information content (AvgIpc) is 3.29. The SMILES string of the molecule is CCC(Oc1ccc(C(C)(C)CC)cc1C(C)(C)CC)C(=O)Nc1ccccc1-n1[nH]c(C)c(Oc2ccc(Cl)cc2)c1=O. The van der Waals surface area contributed by atoms with Gasteiger partial charge in [-0.3, -0.25) is 14.7 Å². The van der Waals surface area contributed by atoms with Gasteiger partial charge in [-0.15, -0.1) is 0 Å². The molecule has 1 heterocycles. The van der Waals surface area contributed by atoms with Crippen LogP contribution >= 0.6 is 11.6 Å². The lowest BCUT2D eigenvalue weighted by Gasteiger charge is -2.31. The van der Waals surface area contributed by atoms with E-state index in [1.165, 1.54) is 10.2 Å². The summed E-state index contributed by atoms with van der Waals surface area (Å²) in [7, 11) is 0. The first-order valence-electron chi connectivity index (χ1n) is 15.3. The fourth-order valence-electron chi connectivity index (χ4n) is 4.88. The quantitative estimate of drug-likeness (QED) is 0.166. The zero-order valence-corrected chi connectivity index (χ0v) is 27.8. The number of hydrogen-bond donors (Lipinski definition) is 2. The van der Waals surface area contributed by atoms with Crippen LogP contribution in [0.25, 0.3) is 5.69 Å². The van der Waals surface area contributed by atoms with Crippen molar-refractivity contribution in [3.8, 4) is 22.9 Å². The highest BCUT2D eigenvalue weighted by atomic mass is 35.5. The first kappa shape index (κ1) is 32.9. The van der Waals surface area contributed by atoms with E-state index in [2.05, 4.69) is 64.1 Å². The Morgan fingerprint density at radius 2 is 1.61 bits per heavy atom. The largest absolute Gasteiger partial charge is 0.480 e. The van der Waals surface area contributed by atoms with Gasteiger partial charge < -0.3 is 14.8 Å². The summed E-state index contributed by atoms with van der Waals surface area (Å²) in [6, 6.07) is 20.3.